The number of hydrogen-bond donors (Lipinski definition) is 1. The third kappa shape index (κ3) is 25.6. The predicted octanol–water partition coefficient (Wildman–Crippen LogP) is 9.78. The first-order valence-electron chi connectivity index (χ1n) is 15.0. The van der Waals surface area contributed by atoms with Crippen molar-refractivity contribution in [3.63, 3.8) is 0 Å². The van der Waals surface area contributed by atoms with Crippen LogP contribution < -0.4 is 0 Å². The van der Waals surface area contributed by atoms with E-state index < -0.39 is 12.1 Å². The van der Waals surface area contributed by atoms with Crippen molar-refractivity contribution in [2.45, 2.75) is 180 Å². The van der Waals surface area contributed by atoms with E-state index in [2.05, 4.69) is 13.8 Å². The molecule has 4 heteroatoms. The molecule has 0 radical (unpaired) electrons. The van der Waals surface area contributed by atoms with E-state index >= 15 is 0 Å². The van der Waals surface area contributed by atoms with E-state index in [1.807, 2.05) is 0 Å². The van der Waals surface area contributed by atoms with Gasteiger partial charge in [-0.3, -0.25) is 9.59 Å². The predicted molar refractivity (Wildman–Crippen MR) is 144 cm³/mol. The highest BCUT2D eigenvalue weighted by Gasteiger charge is 2.17. The summed E-state index contributed by atoms with van der Waals surface area (Å²) in [6.45, 7) is 4.45. The van der Waals surface area contributed by atoms with Crippen molar-refractivity contribution in [1.82, 2.24) is 0 Å². The Labute approximate surface area is 212 Å². The van der Waals surface area contributed by atoms with Crippen molar-refractivity contribution < 1.29 is 19.4 Å². The highest BCUT2D eigenvalue weighted by atomic mass is 16.5. The lowest BCUT2D eigenvalue weighted by Crippen LogP contribution is -2.21. The van der Waals surface area contributed by atoms with Crippen LogP contribution in [0.5, 0.6) is 0 Å². The standard InChI is InChI=1S/C30H58O4/c1-3-5-7-9-10-11-12-13-14-15-16-17-18-19-20-22-24-26-30(33)34-28(27-29(31)32)25-23-21-8-6-4-2/h28H,3-27H2,1-2H3,(H,31,32). The largest absolute Gasteiger partial charge is 0.481 e. The van der Waals surface area contributed by atoms with Crippen molar-refractivity contribution in [1.29, 1.82) is 0 Å². The SMILES string of the molecule is CCCCCCCCCCCCCCCCCCCC(=O)OC(CCCCCCC)CC(=O)O. The van der Waals surface area contributed by atoms with Crippen molar-refractivity contribution in [3.05, 3.63) is 0 Å². The summed E-state index contributed by atoms with van der Waals surface area (Å²) in [5.74, 6) is -1.11. The minimum Gasteiger partial charge on any atom is -0.481 e. The molecule has 0 aliphatic heterocycles. The van der Waals surface area contributed by atoms with Crippen LogP contribution in [-0.4, -0.2) is 23.1 Å². The number of unbranched alkanes of at least 4 members (excludes halogenated alkanes) is 20. The fourth-order valence-electron chi connectivity index (χ4n) is 4.61. The third-order valence-electron chi connectivity index (χ3n) is 6.81. The molecule has 0 rings (SSSR count). The third-order valence-corrected chi connectivity index (χ3v) is 6.81. The monoisotopic (exact) mass is 482 g/mol. The van der Waals surface area contributed by atoms with E-state index in [-0.39, 0.29) is 12.4 Å². The Morgan fingerprint density at radius 2 is 0.912 bits per heavy atom. The molecular weight excluding hydrogens is 424 g/mol. The van der Waals surface area contributed by atoms with Crippen LogP contribution in [0.2, 0.25) is 0 Å². The molecule has 1 N–H and O–H groups in total. The molecule has 0 saturated heterocycles. The van der Waals surface area contributed by atoms with Crippen molar-refractivity contribution >= 4 is 11.9 Å². The molecule has 0 aromatic rings. The number of aliphatic carboxylic acids is 1. The van der Waals surface area contributed by atoms with Gasteiger partial charge in [-0.15, -0.1) is 0 Å². The number of carbonyl (C=O) groups excluding carboxylic acids is 1. The molecule has 4 nitrogen and oxygen atoms in total. The summed E-state index contributed by atoms with van der Waals surface area (Å²) < 4.78 is 5.48. The van der Waals surface area contributed by atoms with Gasteiger partial charge in [0.25, 0.3) is 0 Å². The van der Waals surface area contributed by atoms with Gasteiger partial charge < -0.3 is 9.84 Å². The number of hydrogen-bond acceptors (Lipinski definition) is 3. The summed E-state index contributed by atoms with van der Waals surface area (Å²) in [6.07, 6.45) is 28.6. The molecule has 1 atom stereocenters. The van der Waals surface area contributed by atoms with Crippen molar-refractivity contribution in [3.8, 4) is 0 Å². The molecular formula is C30H58O4. The van der Waals surface area contributed by atoms with Crippen molar-refractivity contribution in [2.24, 2.45) is 0 Å². The summed E-state index contributed by atoms with van der Waals surface area (Å²) in [5.41, 5.74) is 0. The first kappa shape index (κ1) is 32.9. The molecule has 34 heavy (non-hydrogen) atoms. The molecule has 202 valence electrons. The highest BCUT2D eigenvalue weighted by Crippen LogP contribution is 2.16. The molecule has 0 amide bonds. The van der Waals surface area contributed by atoms with Gasteiger partial charge >= 0.3 is 11.9 Å². The zero-order valence-corrected chi connectivity index (χ0v) is 22.9. The normalized spacial score (nSPS) is 12.1. The molecule has 0 aliphatic carbocycles. The first-order valence-corrected chi connectivity index (χ1v) is 15.0. The van der Waals surface area contributed by atoms with Gasteiger partial charge in [0.05, 0.1) is 6.42 Å². The maximum atomic E-state index is 12.1. The topological polar surface area (TPSA) is 63.6 Å². The van der Waals surface area contributed by atoms with Gasteiger partial charge in [0.2, 0.25) is 0 Å². The smallest absolute Gasteiger partial charge is 0.307 e. The molecule has 0 fully saturated rings. The van der Waals surface area contributed by atoms with E-state index in [4.69, 9.17) is 9.84 Å². The summed E-state index contributed by atoms with van der Waals surface area (Å²) in [7, 11) is 0. The first-order chi connectivity index (χ1) is 16.6. The van der Waals surface area contributed by atoms with E-state index in [1.165, 1.54) is 116 Å². The zero-order chi connectivity index (χ0) is 25.1. The second-order valence-corrected chi connectivity index (χ2v) is 10.3. The van der Waals surface area contributed by atoms with Crippen LogP contribution in [0.4, 0.5) is 0 Å². The fraction of sp³-hybridized carbons (Fsp3) is 0.933. The van der Waals surface area contributed by atoms with Gasteiger partial charge in [0.1, 0.15) is 6.10 Å². The van der Waals surface area contributed by atoms with Crippen LogP contribution >= 0.6 is 0 Å². The number of carbonyl (C=O) groups is 2. The lowest BCUT2D eigenvalue weighted by Gasteiger charge is -2.16. The molecule has 0 aromatic carbocycles. The number of rotatable bonds is 27. The molecule has 0 aromatic heterocycles. The molecule has 0 aliphatic rings. The minimum absolute atomic E-state index is 0.0709. The van der Waals surface area contributed by atoms with Crippen LogP contribution in [0, 0.1) is 0 Å². The summed E-state index contributed by atoms with van der Waals surface area (Å²) in [6, 6.07) is 0. The lowest BCUT2D eigenvalue weighted by atomic mass is 10.0. The summed E-state index contributed by atoms with van der Waals surface area (Å²) >= 11 is 0. The van der Waals surface area contributed by atoms with Crippen LogP contribution in [0.3, 0.4) is 0 Å². The quantitative estimate of drug-likeness (QED) is 0.0934. The Bertz CT molecular complexity index is 449. The number of ether oxygens (including phenoxy) is 1. The second kappa shape index (κ2) is 26.5. The van der Waals surface area contributed by atoms with Crippen LogP contribution in [0.1, 0.15) is 174 Å². The van der Waals surface area contributed by atoms with Crippen LogP contribution in [0.25, 0.3) is 0 Å². The fourth-order valence-corrected chi connectivity index (χ4v) is 4.61. The van der Waals surface area contributed by atoms with Gasteiger partial charge in [-0.05, 0) is 19.3 Å². The van der Waals surface area contributed by atoms with Crippen LogP contribution in [-0.2, 0) is 14.3 Å². The summed E-state index contributed by atoms with van der Waals surface area (Å²) in [4.78, 5) is 23.2. The number of esters is 1. The van der Waals surface area contributed by atoms with Gasteiger partial charge in [-0.1, -0.05) is 142 Å². The van der Waals surface area contributed by atoms with Gasteiger partial charge in [0, 0.05) is 6.42 Å². The minimum atomic E-state index is -0.885. The second-order valence-electron chi connectivity index (χ2n) is 10.3. The molecule has 0 spiro atoms. The van der Waals surface area contributed by atoms with Gasteiger partial charge in [-0.2, -0.15) is 0 Å². The van der Waals surface area contributed by atoms with E-state index in [1.54, 1.807) is 0 Å². The maximum Gasteiger partial charge on any atom is 0.307 e. The van der Waals surface area contributed by atoms with Gasteiger partial charge in [-0.25, -0.2) is 0 Å². The van der Waals surface area contributed by atoms with Crippen LogP contribution in [0.15, 0.2) is 0 Å². The van der Waals surface area contributed by atoms with E-state index in [0.29, 0.717) is 12.8 Å². The van der Waals surface area contributed by atoms with E-state index in [0.717, 1.165) is 25.7 Å². The molecule has 0 bridgehead atoms. The summed E-state index contributed by atoms with van der Waals surface area (Å²) in [5, 5.41) is 9.08. The van der Waals surface area contributed by atoms with E-state index in [9.17, 15) is 9.59 Å². The number of carboxylic acid groups (broad SMARTS) is 1. The Kier molecular flexibility index (Phi) is 25.7. The Morgan fingerprint density at radius 1 is 0.559 bits per heavy atom. The average molecular weight is 483 g/mol. The zero-order valence-electron chi connectivity index (χ0n) is 22.9. The lowest BCUT2D eigenvalue weighted by molar-refractivity contribution is -0.153. The molecule has 0 saturated carbocycles. The maximum absolute atomic E-state index is 12.1. The molecule has 0 heterocycles. The Hall–Kier alpha value is -1.06. The Balaban J connectivity index is 3.51. The van der Waals surface area contributed by atoms with Gasteiger partial charge in [0.15, 0.2) is 0 Å². The highest BCUT2D eigenvalue weighted by molar-refractivity contribution is 5.71. The molecule has 1 unspecified atom stereocenters. The number of carboxylic acids is 1. The average Bonchev–Trinajstić information content (AvgIpc) is 2.80. The van der Waals surface area contributed by atoms with Crippen molar-refractivity contribution in [2.75, 3.05) is 0 Å². The Morgan fingerprint density at radius 3 is 1.29 bits per heavy atom.